The number of hydrogen-bond acceptors (Lipinski definition) is 8. The maximum atomic E-state index is 13.5. The van der Waals surface area contributed by atoms with Crippen LogP contribution in [0.5, 0.6) is 0 Å². The molecule has 0 amide bonds. The van der Waals surface area contributed by atoms with Crippen molar-refractivity contribution in [3.63, 3.8) is 0 Å². The summed E-state index contributed by atoms with van der Waals surface area (Å²) in [5.74, 6) is 1.96. The van der Waals surface area contributed by atoms with Gasteiger partial charge in [0.1, 0.15) is 0 Å². The Balaban J connectivity index is 1.47. The Hall–Kier alpha value is -3.76. The summed E-state index contributed by atoms with van der Waals surface area (Å²) >= 11 is 2.99. The van der Waals surface area contributed by atoms with Gasteiger partial charge in [0.05, 0.1) is 27.2 Å². The molecule has 2 aromatic carbocycles. The van der Waals surface area contributed by atoms with E-state index < -0.39 is 0 Å². The summed E-state index contributed by atoms with van der Waals surface area (Å²) in [6.45, 7) is 4.02. The average molecular weight is 487 g/mol. The second-order valence-electron chi connectivity index (χ2n) is 7.84. The van der Waals surface area contributed by atoms with Gasteiger partial charge < -0.3 is 4.52 Å². The molecule has 0 saturated carbocycles. The van der Waals surface area contributed by atoms with E-state index in [1.165, 1.54) is 11.8 Å². The third-order valence-electron chi connectivity index (χ3n) is 5.52. The molecule has 168 valence electrons. The monoisotopic (exact) mass is 486 g/mol. The number of para-hydroxylation sites is 1. The first-order chi connectivity index (χ1) is 16.6. The average Bonchev–Trinajstić information content (AvgIpc) is 3.60. The Kier molecular flexibility index (Phi) is 5.04. The molecule has 6 aromatic rings. The van der Waals surface area contributed by atoms with Gasteiger partial charge in [0.15, 0.2) is 5.16 Å². The molecule has 0 radical (unpaired) electrons. The molecule has 0 aliphatic heterocycles. The quantitative estimate of drug-likeness (QED) is 0.315. The molecule has 0 aliphatic carbocycles. The molecule has 0 N–H and O–H groups in total. The van der Waals surface area contributed by atoms with Gasteiger partial charge in [0.25, 0.3) is 5.56 Å². The van der Waals surface area contributed by atoms with Crippen molar-refractivity contribution < 1.29 is 4.52 Å². The summed E-state index contributed by atoms with van der Waals surface area (Å²) in [5.41, 5.74) is 3.53. The highest BCUT2D eigenvalue weighted by Gasteiger charge is 2.20. The van der Waals surface area contributed by atoms with Gasteiger partial charge in [-0.3, -0.25) is 9.20 Å². The molecule has 10 heteroatoms. The lowest BCUT2D eigenvalue weighted by atomic mass is 10.1. The Morgan fingerprint density at radius 2 is 1.94 bits per heavy atom. The molecule has 0 bridgehead atoms. The smallest absolute Gasteiger partial charge is 0.267 e. The predicted molar refractivity (Wildman–Crippen MR) is 133 cm³/mol. The lowest BCUT2D eigenvalue weighted by Crippen LogP contribution is -2.22. The fourth-order valence-electron chi connectivity index (χ4n) is 3.99. The van der Waals surface area contributed by atoms with E-state index in [0.717, 1.165) is 27.2 Å². The molecule has 34 heavy (non-hydrogen) atoms. The lowest BCUT2D eigenvalue weighted by Gasteiger charge is -2.13. The minimum atomic E-state index is -0.128. The zero-order valence-corrected chi connectivity index (χ0v) is 19.9. The van der Waals surface area contributed by atoms with Crippen LogP contribution >= 0.6 is 23.1 Å². The van der Waals surface area contributed by atoms with E-state index in [-0.39, 0.29) is 5.56 Å². The highest BCUT2D eigenvalue weighted by molar-refractivity contribution is 7.98. The Morgan fingerprint density at radius 3 is 2.76 bits per heavy atom. The number of aromatic nitrogens is 6. The summed E-state index contributed by atoms with van der Waals surface area (Å²) in [7, 11) is 0. The third kappa shape index (κ3) is 3.42. The van der Waals surface area contributed by atoms with E-state index in [1.807, 2.05) is 72.2 Å². The van der Waals surface area contributed by atoms with Gasteiger partial charge in [0, 0.05) is 0 Å². The van der Waals surface area contributed by atoms with Crippen molar-refractivity contribution in [1.29, 1.82) is 0 Å². The van der Waals surface area contributed by atoms with Crippen molar-refractivity contribution in [3.8, 4) is 16.4 Å². The minimum Gasteiger partial charge on any atom is -0.338 e. The molecule has 4 heterocycles. The molecule has 0 atom stereocenters. The number of thioether (sulfide) groups is 1. The molecular weight excluding hydrogens is 468 g/mol. The molecule has 4 aromatic heterocycles. The van der Waals surface area contributed by atoms with Crippen LogP contribution in [0.1, 0.15) is 17.0 Å². The van der Waals surface area contributed by atoms with Gasteiger partial charge in [0.2, 0.25) is 17.5 Å². The highest BCUT2D eigenvalue weighted by Crippen LogP contribution is 2.27. The molecule has 0 unspecified atom stereocenters. The van der Waals surface area contributed by atoms with Gasteiger partial charge in [-0.15, -0.1) is 21.5 Å². The van der Waals surface area contributed by atoms with Crippen molar-refractivity contribution in [2.24, 2.45) is 0 Å². The van der Waals surface area contributed by atoms with Crippen molar-refractivity contribution in [1.82, 2.24) is 29.3 Å². The Morgan fingerprint density at radius 1 is 1.06 bits per heavy atom. The van der Waals surface area contributed by atoms with Crippen LogP contribution < -0.4 is 5.56 Å². The summed E-state index contributed by atoms with van der Waals surface area (Å²) in [6, 6.07) is 17.4. The van der Waals surface area contributed by atoms with Gasteiger partial charge >= 0.3 is 0 Å². The predicted octanol–water partition coefficient (Wildman–Crippen LogP) is 5.05. The van der Waals surface area contributed by atoms with E-state index in [9.17, 15) is 4.79 Å². The van der Waals surface area contributed by atoms with Crippen LogP contribution in [0.15, 0.2) is 74.5 Å². The summed E-state index contributed by atoms with van der Waals surface area (Å²) < 4.78 is 8.99. The lowest BCUT2D eigenvalue weighted by molar-refractivity contribution is 0.391. The van der Waals surface area contributed by atoms with Crippen molar-refractivity contribution in [3.05, 3.63) is 87.3 Å². The van der Waals surface area contributed by atoms with E-state index in [2.05, 4.69) is 26.4 Å². The Bertz CT molecular complexity index is 1720. The first-order valence-corrected chi connectivity index (χ1v) is 12.4. The number of thiophene rings is 1. The van der Waals surface area contributed by atoms with E-state index >= 15 is 0 Å². The summed E-state index contributed by atoms with van der Waals surface area (Å²) in [5, 5.41) is 16.1. The van der Waals surface area contributed by atoms with Gasteiger partial charge in [-0.25, -0.2) is 4.57 Å². The summed E-state index contributed by atoms with van der Waals surface area (Å²) in [4.78, 5) is 19.0. The van der Waals surface area contributed by atoms with Crippen LogP contribution in [0, 0.1) is 13.8 Å². The maximum absolute atomic E-state index is 13.5. The topological polar surface area (TPSA) is 91.1 Å². The van der Waals surface area contributed by atoms with Gasteiger partial charge in [-0.2, -0.15) is 4.98 Å². The van der Waals surface area contributed by atoms with Crippen molar-refractivity contribution in [2.75, 3.05) is 0 Å². The van der Waals surface area contributed by atoms with Crippen LogP contribution in [0.4, 0.5) is 0 Å². The number of aryl methyl sites for hydroxylation is 2. The molecule has 0 fully saturated rings. The molecular formula is C24H18N6O2S2. The van der Waals surface area contributed by atoms with E-state index in [0.29, 0.717) is 33.8 Å². The zero-order chi connectivity index (χ0) is 23.2. The van der Waals surface area contributed by atoms with Crippen LogP contribution in [-0.4, -0.2) is 29.3 Å². The highest BCUT2D eigenvalue weighted by atomic mass is 32.2. The molecule has 0 saturated heterocycles. The van der Waals surface area contributed by atoms with Gasteiger partial charge in [-0.1, -0.05) is 52.8 Å². The fourth-order valence-corrected chi connectivity index (χ4v) is 5.42. The molecule has 8 nitrogen and oxygen atoms in total. The van der Waals surface area contributed by atoms with Crippen LogP contribution in [0.2, 0.25) is 0 Å². The van der Waals surface area contributed by atoms with Crippen LogP contribution in [0.3, 0.4) is 0 Å². The molecule has 0 spiro atoms. The molecule has 6 rings (SSSR count). The fraction of sp³-hybridized carbons (Fsp3) is 0.125. The maximum Gasteiger partial charge on any atom is 0.267 e. The first-order valence-electron chi connectivity index (χ1n) is 10.6. The normalized spacial score (nSPS) is 11.6. The molecule has 0 aliphatic rings. The third-order valence-corrected chi connectivity index (χ3v) is 7.30. The number of hydrogen-bond donors (Lipinski definition) is 0. The number of nitrogens with zero attached hydrogens (tertiary/aromatic N) is 6. The zero-order valence-electron chi connectivity index (χ0n) is 18.3. The second kappa shape index (κ2) is 8.23. The van der Waals surface area contributed by atoms with Crippen molar-refractivity contribution in [2.45, 2.75) is 24.8 Å². The van der Waals surface area contributed by atoms with Crippen LogP contribution in [0.25, 0.3) is 33.1 Å². The number of fused-ring (bicyclic) bond motifs is 3. The summed E-state index contributed by atoms with van der Waals surface area (Å²) in [6.07, 6.45) is 0. The van der Waals surface area contributed by atoms with Crippen molar-refractivity contribution >= 4 is 39.8 Å². The van der Waals surface area contributed by atoms with E-state index in [4.69, 9.17) is 4.52 Å². The number of benzene rings is 2. The standard InChI is InChI=1S/C24H18N6O2S2/c1-14-9-10-17(15(2)12-14)29-22(31)16-6-3-4-7-18(16)30-23(29)26-27-24(30)34-13-20-25-21(28-32-20)19-8-5-11-33-19/h3-12H,13H2,1-2H3. The largest absolute Gasteiger partial charge is 0.338 e. The number of rotatable bonds is 5. The second-order valence-corrected chi connectivity index (χ2v) is 9.73. The first kappa shape index (κ1) is 20.8. The van der Waals surface area contributed by atoms with E-state index in [1.54, 1.807) is 15.9 Å². The minimum absolute atomic E-state index is 0.128. The Labute approximate surface area is 201 Å². The van der Waals surface area contributed by atoms with Gasteiger partial charge in [-0.05, 0) is 49.1 Å². The van der Waals surface area contributed by atoms with Crippen LogP contribution in [-0.2, 0) is 5.75 Å². The SMILES string of the molecule is Cc1ccc(-n2c(=O)c3ccccc3n3c(SCc4nc(-c5cccs5)no4)nnc23)c(C)c1.